The van der Waals surface area contributed by atoms with Gasteiger partial charge in [-0.15, -0.1) is 21.5 Å². The SMILES string of the molecule is CCOC(=O)c1c(NC(=O)CSc2nnc(CC)n2-c2ccccc2)sc2c1CCC2. The van der Waals surface area contributed by atoms with E-state index in [4.69, 9.17) is 4.74 Å². The molecule has 0 aliphatic heterocycles. The third-order valence-electron chi connectivity index (χ3n) is 5.02. The van der Waals surface area contributed by atoms with Crippen molar-refractivity contribution < 1.29 is 14.3 Å². The van der Waals surface area contributed by atoms with Crippen LogP contribution in [0.3, 0.4) is 0 Å². The predicted molar refractivity (Wildman–Crippen MR) is 122 cm³/mol. The fourth-order valence-corrected chi connectivity index (χ4v) is 5.73. The number of thiophene rings is 1. The van der Waals surface area contributed by atoms with Gasteiger partial charge in [0.25, 0.3) is 0 Å². The van der Waals surface area contributed by atoms with Gasteiger partial charge in [-0.05, 0) is 43.9 Å². The second-order valence-electron chi connectivity index (χ2n) is 7.04. The van der Waals surface area contributed by atoms with Crippen molar-refractivity contribution in [2.75, 3.05) is 17.7 Å². The molecule has 1 amide bonds. The van der Waals surface area contributed by atoms with Crippen LogP contribution in [0.4, 0.5) is 5.00 Å². The smallest absolute Gasteiger partial charge is 0.341 e. The van der Waals surface area contributed by atoms with Crippen LogP contribution in [0.25, 0.3) is 5.69 Å². The van der Waals surface area contributed by atoms with E-state index in [1.165, 1.54) is 28.0 Å². The molecule has 9 heteroatoms. The van der Waals surface area contributed by atoms with Gasteiger partial charge in [0.05, 0.1) is 17.9 Å². The Balaban J connectivity index is 1.49. The predicted octanol–water partition coefficient (Wildman–Crippen LogP) is 4.29. The molecule has 1 aliphatic carbocycles. The zero-order valence-corrected chi connectivity index (χ0v) is 19.1. The van der Waals surface area contributed by atoms with Crippen molar-refractivity contribution >= 4 is 40.0 Å². The maximum Gasteiger partial charge on any atom is 0.341 e. The van der Waals surface area contributed by atoms with Gasteiger partial charge in [-0.2, -0.15) is 0 Å². The summed E-state index contributed by atoms with van der Waals surface area (Å²) in [5.41, 5.74) is 2.52. The highest BCUT2D eigenvalue weighted by atomic mass is 32.2. The number of esters is 1. The summed E-state index contributed by atoms with van der Waals surface area (Å²) in [6.07, 6.45) is 3.56. The molecule has 7 nitrogen and oxygen atoms in total. The number of hydrogen-bond donors (Lipinski definition) is 1. The van der Waals surface area contributed by atoms with E-state index >= 15 is 0 Å². The summed E-state index contributed by atoms with van der Waals surface area (Å²) in [6.45, 7) is 4.12. The Bertz CT molecular complexity index is 1090. The van der Waals surface area contributed by atoms with Crippen LogP contribution in [0.15, 0.2) is 35.5 Å². The van der Waals surface area contributed by atoms with Gasteiger partial charge in [0, 0.05) is 17.0 Å². The molecule has 2 heterocycles. The number of carbonyl (C=O) groups is 2. The molecule has 0 saturated carbocycles. The number of benzene rings is 1. The first-order chi connectivity index (χ1) is 15.1. The van der Waals surface area contributed by atoms with Crippen LogP contribution in [0.2, 0.25) is 0 Å². The molecule has 2 aromatic heterocycles. The molecule has 162 valence electrons. The lowest BCUT2D eigenvalue weighted by molar-refractivity contribution is -0.113. The lowest BCUT2D eigenvalue weighted by Gasteiger charge is -2.10. The molecule has 0 radical (unpaired) electrons. The quantitative estimate of drug-likeness (QED) is 0.402. The molecule has 3 aromatic rings. The number of rotatable bonds is 8. The van der Waals surface area contributed by atoms with Crippen LogP contribution >= 0.6 is 23.1 Å². The monoisotopic (exact) mass is 456 g/mol. The van der Waals surface area contributed by atoms with Gasteiger partial charge in [-0.25, -0.2) is 4.79 Å². The van der Waals surface area contributed by atoms with E-state index in [2.05, 4.69) is 15.5 Å². The van der Waals surface area contributed by atoms with Crippen LogP contribution in [-0.2, 0) is 28.8 Å². The van der Waals surface area contributed by atoms with Gasteiger partial charge in [0.15, 0.2) is 5.16 Å². The van der Waals surface area contributed by atoms with Gasteiger partial charge >= 0.3 is 5.97 Å². The van der Waals surface area contributed by atoms with Crippen LogP contribution < -0.4 is 5.32 Å². The van der Waals surface area contributed by atoms with E-state index in [0.29, 0.717) is 22.3 Å². The number of para-hydroxylation sites is 1. The molecular formula is C22H24N4O3S2. The maximum atomic E-state index is 12.7. The zero-order chi connectivity index (χ0) is 21.8. The van der Waals surface area contributed by atoms with E-state index in [9.17, 15) is 9.59 Å². The molecule has 0 saturated heterocycles. The number of nitrogens with zero attached hydrogens (tertiary/aromatic N) is 3. The molecule has 0 fully saturated rings. The van der Waals surface area contributed by atoms with Gasteiger partial charge in [0.2, 0.25) is 5.91 Å². The Hall–Kier alpha value is -2.65. The molecule has 0 unspecified atom stereocenters. The van der Waals surface area contributed by atoms with Crippen molar-refractivity contribution in [2.45, 2.75) is 44.7 Å². The third kappa shape index (κ3) is 4.52. The molecule has 1 aromatic carbocycles. The summed E-state index contributed by atoms with van der Waals surface area (Å²) < 4.78 is 7.21. The summed E-state index contributed by atoms with van der Waals surface area (Å²) in [4.78, 5) is 26.4. The summed E-state index contributed by atoms with van der Waals surface area (Å²) in [5, 5.41) is 12.7. The molecule has 4 rings (SSSR count). The Morgan fingerprint density at radius 2 is 2.00 bits per heavy atom. The van der Waals surface area contributed by atoms with Crippen LogP contribution in [0, 0.1) is 0 Å². The normalized spacial score (nSPS) is 12.6. The fraction of sp³-hybridized carbons (Fsp3) is 0.364. The topological polar surface area (TPSA) is 86.1 Å². The van der Waals surface area contributed by atoms with Crippen molar-refractivity contribution in [1.29, 1.82) is 0 Å². The minimum Gasteiger partial charge on any atom is -0.462 e. The second-order valence-corrected chi connectivity index (χ2v) is 9.09. The van der Waals surface area contributed by atoms with Gasteiger partial charge in [-0.1, -0.05) is 36.9 Å². The first kappa shape index (κ1) is 21.6. The zero-order valence-electron chi connectivity index (χ0n) is 17.5. The van der Waals surface area contributed by atoms with Crippen LogP contribution in [-0.4, -0.2) is 39.0 Å². The number of ether oxygens (including phenoxy) is 1. The Morgan fingerprint density at radius 1 is 1.19 bits per heavy atom. The second kappa shape index (κ2) is 9.65. The van der Waals surface area contributed by atoms with Crippen molar-refractivity contribution in [1.82, 2.24) is 14.8 Å². The number of fused-ring (bicyclic) bond motifs is 1. The van der Waals surface area contributed by atoms with E-state index in [0.717, 1.165) is 42.8 Å². The number of anilines is 1. The highest BCUT2D eigenvalue weighted by Crippen LogP contribution is 2.39. The third-order valence-corrected chi connectivity index (χ3v) is 7.15. The number of aryl methyl sites for hydroxylation is 2. The highest BCUT2D eigenvalue weighted by molar-refractivity contribution is 7.99. The minimum absolute atomic E-state index is 0.166. The average molecular weight is 457 g/mol. The Kier molecular flexibility index (Phi) is 6.72. The highest BCUT2D eigenvalue weighted by Gasteiger charge is 2.28. The summed E-state index contributed by atoms with van der Waals surface area (Å²) in [5.74, 6) is 0.463. The molecule has 31 heavy (non-hydrogen) atoms. The standard InChI is InChI=1S/C22H24N4O3S2/c1-3-17-24-25-22(26(17)14-9-6-5-7-10-14)30-13-18(27)23-20-19(21(28)29-4-2)15-11-8-12-16(15)31-20/h5-7,9-10H,3-4,8,11-13H2,1-2H3,(H,23,27). The first-order valence-electron chi connectivity index (χ1n) is 10.4. The van der Waals surface area contributed by atoms with Gasteiger partial charge < -0.3 is 10.1 Å². The molecule has 0 bridgehead atoms. The Labute approximate surface area is 189 Å². The lowest BCUT2D eigenvalue weighted by atomic mass is 10.1. The van der Waals surface area contributed by atoms with Crippen molar-refractivity contribution in [2.24, 2.45) is 0 Å². The maximum absolute atomic E-state index is 12.7. The van der Waals surface area contributed by atoms with E-state index in [1.807, 2.05) is 41.8 Å². The molecule has 0 atom stereocenters. The number of thioether (sulfide) groups is 1. The van der Waals surface area contributed by atoms with Crippen molar-refractivity contribution in [3.05, 3.63) is 52.2 Å². The summed E-state index contributed by atoms with van der Waals surface area (Å²) in [6, 6.07) is 9.86. The summed E-state index contributed by atoms with van der Waals surface area (Å²) >= 11 is 2.81. The lowest BCUT2D eigenvalue weighted by Crippen LogP contribution is -2.17. The number of nitrogens with one attached hydrogen (secondary N) is 1. The number of hydrogen-bond acceptors (Lipinski definition) is 7. The first-order valence-corrected chi connectivity index (χ1v) is 12.2. The molecule has 0 spiro atoms. The van der Waals surface area contributed by atoms with E-state index < -0.39 is 0 Å². The molecule has 1 aliphatic rings. The fourth-order valence-electron chi connectivity index (χ4n) is 3.66. The van der Waals surface area contributed by atoms with Gasteiger partial charge in [-0.3, -0.25) is 9.36 Å². The van der Waals surface area contributed by atoms with Crippen molar-refractivity contribution in [3.8, 4) is 5.69 Å². The number of carbonyl (C=O) groups excluding carboxylic acids is 2. The molecular weight excluding hydrogens is 432 g/mol. The van der Waals surface area contributed by atoms with Crippen molar-refractivity contribution in [3.63, 3.8) is 0 Å². The minimum atomic E-state index is -0.360. The van der Waals surface area contributed by atoms with Crippen LogP contribution in [0.1, 0.15) is 46.9 Å². The van der Waals surface area contributed by atoms with Crippen LogP contribution in [0.5, 0.6) is 0 Å². The number of amides is 1. The van der Waals surface area contributed by atoms with E-state index in [-0.39, 0.29) is 17.6 Å². The Morgan fingerprint density at radius 3 is 2.74 bits per heavy atom. The van der Waals surface area contributed by atoms with Gasteiger partial charge in [0.1, 0.15) is 10.8 Å². The largest absolute Gasteiger partial charge is 0.462 e. The molecule has 1 N–H and O–H groups in total. The average Bonchev–Trinajstić information content (AvgIpc) is 3.47. The van der Waals surface area contributed by atoms with E-state index in [1.54, 1.807) is 6.92 Å². The number of aromatic nitrogens is 3. The summed E-state index contributed by atoms with van der Waals surface area (Å²) in [7, 11) is 0.